The number of hydrogen-bond acceptors (Lipinski definition) is 5. The molecule has 2 heterocycles. The van der Waals surface area contributed by atoms with Gasteiger partial charge in [0.25, 0.3) is 5.91 Å². The van der Waals surface area contributed by atoms with Crippen LogP contribution in [-0.2, 0) is 11.2 Å². The molecule has 2 amide bonds. The van der Waals surface area contributed by atoms with Crippen LogP contribution in [0.3, 0.4) is 0 Å². The van der Waals surface area contributed by atoms with Gasteiger partial charge in [0.15, 0.2) is 0 Å². The van der Waals surface area contributed by atoms with Crippen LogP contribution >= 0.6 is 0 Å². The Morgan fingerprint density at radius 2 is 1.85 bits per heavy atom. The highest BCUT2D eigenvalue weighted by atomic mass is 16.3. The Labute approximate surface area is 273 Å². The van der Waals surface area contributed by atoms with Gasteiger partial charge in [-0.25, -0.2) is 4.98 Å². The van der Waals surface area contributed by atoms with E-state index in [0.29, 0.717) is 49.5 Å². The Bertz CT molecular complexity index is 1690. The molecular weight excluding hydrogens is 572 g/mol. The van der Waals surface area contributed by atoms with Crippen molar-refractivity contribution in [2.45, 2.75) is 70.3 Å². The Morgan fingerprint density at radius 3 is 2.63 bits per heavy atom. The van der Waals surface area contributed by atoms with Crippen molar-refractivity contribution in [3.63, 3.8) is 0 Å². The first-order valence-electron chi connectivity index (χ1n) is 17.3. The molecule has 240 valence electrons. The number of rotatable bonds is 6. The van der Waals surface area contributed by atoms with E-state index in [0.717, 1.165) is 56.1 Å². The zero-order chi connectivity index (χ0) is 32.1. The fourth-order valence-corrected chi connectivity index (χ4v) is 9.35. The fraction of sp³-hybridized carbons (Fsp3) is 0.513. The van der Waals surface area contributed by atoms with Crippen LogP contribution < -0.4 is 4.90 Å². The second kappa shape index (κ2) is 12.0. The highest BCUT2D eigenvalue weighted by Gasteiger charge is 2.61. The van der Waals surface area contributed by atoms with Crippen molar-refractivity contribution in [1.29, 1.82) is 0 Å². The monoisotopic (exact) mass is 618 g/mol. The Hall–Kier alpha value is -3.89. The van der Waals surface area contributed by atoms with Gasteiger partial charge in [-0.05, 0) is 98.1 Å². The molecule has 1 N–H and O–H groups in total. The zero-order valence-corrected chi connectivity index (χ0v) is 27.3. The van der Waals surface area contributed by atoms with E-state index in [9.17, 15) is 14.7 Å². The lowest BCUT2D eigenvalue weighted by atomic mass is 9.53. The minimum Gasteiger partial charge on any atom is -0.377 e. The molecule has 2 saturated carbocycles. The lowest BCUT2D eigenvalue weighted by Gasteiger charge is -2.52. The van der Waals surface area contributed by atoms with Crippen molar-refractivity contribution in [3.05, 3.63) is 71.4 Å². The lowest BCUT2D eigenvalue weighted by Crippen LogP contribution is -2.52. The third-order valence-corrected chi connectivity index (χ3v) is 12.0. The largest absolute Gasteiger partial charge is 0.377 e. The van der Waals surface area contributed by atoms with Crippen molar-refractivity contribution in [2.24, 2.45) is 17.3 Å². The summed E-state index contributed by atoms with van der Waals surface area (Å²) >= 11 is 0. The van der Waals surface area contributed by atoms with Gasteiger partial charge in [-0.2, -0.15) is 0 Å². The van der Waals surface area contributed by atoms with Crippen molar-refractivity contribution >= 4 is 28.4 Å². The molecule has 1 saturated heterocycles. The summed E-state index contributed by atoms with van der Waals surface area (Å²) in [6, 6.07) is 18.4. The number of aromatic nitrogens is 1. The van der Waals surface area contributed by atoms with Gasteiger partial charge in [0.05, 0.1) is 5.52 Å². The lowest BCUT2D eigenvalue weighted by molar-refractivity contribution is -0.132. The summed E-state index contributed by atoms with van der Waals surface area (Å²) in [4.78, 5) is 37.5. The van der Waals surface area contributed by atoms with Gasteiger partial charge in [-0.15, -0.1) is 6.42 Å². The quantitative estimate of drug-likeness (QED) is 0.361. The van der Waals surface area contributed by atoms with Gasteiger partial charge < -0.3 is 19.8 Å². The Kier molecular flexibility index (Phi) is 8.05. The second-order valence-electron chi connectivity index (χ2n) is 14.3. The molecule has 1 aliphatic heterocycles. The van der Waals surface area contributed by atoms with Crippen LogP contribution in [0.5, 0.6) is 0 Å². The minimum atomic E-state index is -0.976. The second-order valence-corrected chi connectivity index (χ2v) is 14.3. The van der Waals surface area contributed by atoms with Gasteiger partial charge in [-0.1, -0.05) is 50.1 Å². The summed E-state index contributed by atoms with van der Waals surface area (Å²) in [5.41, 5.74) is 4.18. The summed E-state index contributed by atoms with van der Waals surface area (Å²) in [5.74, 6) is 4.14. The molecule has 7 rings (SSSR count). The predicted octanol–water partition coefficient (Wildman–Crippen LogP) is 5.66. The average Bonchev–Trinajstić information content (AvgIpc) is 3.37. The average molecular weight is 619 g/mol. The number of carbonyl (C=O) groups excluding carboxylic acids is 2. The van der Waals surface area contributed by atoms with E-state index in [2.05, 4.69) is 40.9 Å². The summed E-state index contributed by atoms with van der Waals surface area (Å²) in [6.45, 7) is 7.65. The molecule has 7 nitrogen and oxygen atoms in total. The van der Waals surface area contributed by atoms with E-state index in [1.807, 2.05) is 42.2 Å². The van der Waals surface area contributed by atoms with E-state index in [1.54, 1.807) is 11.0 Å². The number of fused-ring (bicyclic) bond motifs is 6. The molecule has 7 heteroatoms. The summed E-state index contributed by atoms with van der Waals surface area (Å²) in [7, 11) is 0. The Balaban J connectivity index is 1.000. The molecule has 3 aromatic rings. The number of aryl methyl sites for hydroxylation is 1. The first kappa shape index (κ1) is 30.7. The number of para-hydroxylation sites is 1. The fourth-order valence-electron chi connectivity index (χ4n) is 9.35. The smallest absolute Gasteiger partial charge is 0.272 e. The van der Waals surface area contributed by atoms with Crippen LogP contribution in [0.4, 0.5) is 5.69 Å². The van der Waals surface area contributed by atoms with Crippen LogP contribution in [-0.4, -0.2) is 76.6 Å². The molecule has 3 fully saturated rings. The third kappa shape index (κ3) is 5.15. The molecule has 1 aromatic heterocycles. The number of hydrogen-bond donors (Lipinski definition) is 1. The highest BCUT2D eigenvalue weighted by Crippen LogP contribution is 2.64. The minimum absolute atomic E-state index is 0.00994. The first-order valence-corrected chi connectivity index (χ1v) is 17.3. The SMILES string of the molecule is C#CC1(O)CCC2C3CCc4ccc(N5CCN(C(=O)CN(CCC)C(=O)c6ccc7ccccc7n6)CC5)cc4C3CCC21C. The highest BCUT2D eigenvalue weighted by molar-refractivity contribution is 5.97. The standard InChI is InChI=1S/C39H46N4O3/c1-4-20-43(37(45)35-15-12-28-8-6-7-9-34(28)40-35)26-36(44)42-23-21-41(22-24-42)29-13-10-27-11-14-31-30(32(27)25-29)16-18-38(3)33(31)17-19-39(38,46)5-2/h2,6-10,12-13,15,25,30-31,33,46H,4,11,14,16-24,26H2,1,3H3. The number of terminal acetylenes is 1. The molecule has 46 heavy (non-hydrogen) atoms. The zero-order valence-electron chi connectivity index (χ0n) is 27.3. The van der Waals surface area contributed by atoms with Crippen molar-refractivity contribution in [3.8, 4) is 12.3 Å². The predicted molar refractivity (Wildman–Crippen MR) is 182 cm³/mol. The number of carbonyl (C=O) groups is 2. The molecule has 0 spiro atoms. The van der Waals surface area contributed by atoms with Crippen molar-refractivity contribution in [1.82, 2.24) is 14.8 Å². The van der Waals surface area contributed by atoms with Gasteiger partial charge in [-0.3, -0.25) is 9.59 Å². The van der Waals surface area contributed by atoms with E-state index < -0.39 is 5.60 Å². The van der Waals surface area contributed by atoms with Gasteiger partial charge in [0.2, 0.25) is 5.91 Å². The van der Waals surface area contributed by atoms with Crippen LogP contribution in [0, 0.1) is 29.6 Å². The Morgan fingerprint density at radius 1 is 1.04 bits per heavy atom. The maximum Gasteiger partial charge on any atom is 0.272 e. The summed E-state index contributed by atoms with van der Waals surface area (Å²) in [6.07, 6.45) is 12.7. The number of piperazine rings is 1. The van der Waals surface area contributed by atoms with Gasteiger partial charge >= 0.3 is 0 Å². The number of nitrogens with zero attached hydrogens (tertiary/aromatic N) is 4. The molecule has 5 unspecified atom stereocenters. The molecule has 0 bridgehead atoms. The van der Waals surface area contributed by atoms with Crippen molar-refractivity contribution < 1.29 is 14.7 Å². The molecule has 4 aliphatic rings. The molecule has 0 radical (unpaired) electrons. The number of aliphatic hydroxyl groups is 1. The number of benzene rings is 2. The summed E-state index contributed by atoms with van der Waals surface area (Å²) in [5, 5.41) is 12.3. The normalized spacial score (nSPS) is 28.6. The number of amides is 2. The molecule has 3 aliphatic carbocycles. The van der Waals surface area contributed by atoms with Crippen LogP contribution in [0.15, 0.2) is 54.6 Å². The van der Waals surface area contributed by atoms with Gasteiger partial charge in [0.1, 0.15) is 17.8 Å². The van der Waals surface area contributed by atoms with E-state index >= 15 is 0 Å². The van der Waals surface area contributed by atoms with Gasteiger partial charge in [0, 0.05) is 49.2 Å². The topological polar surface area (TPSA) is 77.0 Å². The van der Waals surface area contributed by atoms with Crippen LogP contribution in [0.1, 0.15) is 79.9 Å². The van der Waals surface area contributed by atoms with E-state index in [1.165, 1.54) is 23.2 Å². The molecular formula is C39H46N4O3. The number of anilines is 1. The van der Waals surface area contributed by atoms with E-state index in [-0.39, 0.29) is 23.8 Å². The molecule has 5 atom stereocenters. The maximum absolute atomic E-state index is 13.5. The van der Waals surface area contributed by atoms with Crippen LogP contribution in [0.25, 0.3) is 10.9 Å². The van der Waals surface area contributed by atoms with Crippen LogP contribution in [0.2, 0.25) is 0 Å². The number of pyridine rings is 1. The van der Waals surface area contributed by atoms with E-state index in [4.69, 9.17) is 6.42 Å². The third-order valence-electron chi connectivity index (χ3n) is 12.0. The van der Waals surface area contributed by atoms with Crippen molar-refractivity contribution in [2.75, 3.05) is 44.2 Å². The maximum atomic E-state index is 13.5. The summed E-state index contributed by atoms with van der Waals surface area (Å²) < 4.78 is 0. The molecule has 2 aromatic carbocycles. The first-order chi connectivity index (χ1) is 22.2.